The summed E-state index contributed by atoms with van der Waals surface area (Å²) in [6.45, 7) is 6.54. The Labute approximate surface area is 148 Å². The summed E-state index contributed by atoms with van der Waals surface area (Å²) in [5.74, 6) is 0.823. The average molecular weight is 336 g/mol. The zero-order chi connectivity index (χ0) is 17.8. The molecule has 3 rings (SSSR count). The lowest BCUT2D eigenvalue weighted by molar-refractivity contribution is 0.0976. The van der Waals surface area contributed by atoms with Gasteiger partial charge in [0.25, 0.3) is 0 Å². The minimum absolute atomic E-state index is 0.112. The Balaban J connectivity index is 1.84. The van der Waals surface area contributed by atoms with Gasteiger partial charge in [0.15, 0.2) is 17.2 Å². The van der Waals surface area contributed by atoms with Crippen molar-refractivity contribution in [1.29, 1.82) is 0 Å². The lowest BCUT2D eigenvalue weighted by atomic mass is 10.0. The number of nitrogens with zero attached hydrogens (tertiary/aromatic N) is 2. The van der Waals surface area contributed by atoms with E-state index in [1.807, 2.05) is 36.6 Å². The van der Waals surface area contributed by atoms with E-state index in [0.29, 0.717) is 30.1 Å². The van der Waals surface area contributed by atoms with Crippen LogP contribution in [0.15, 0.2) is 42.6 Å². The van der Waals surface area contributed by atoms with Gasteiger partial charge in [0.1, 0.15) is 5.69 Å². The van der Waals surface area contributed by atoms with Gasteiger partial charge in [-0.3, -0.25) is 9.20 Å². The number of fused-ring (bicyclic) bond motifs is 1. The lowest BCUT2D eigenvalue weighted by Crippen LogP contribution is -2.07. The highest BCUT2D eigenvalue weighted by atomic mass is 16.5. The first kappa shape index (κ1) is 17.2. The lowest BCUT2D eigenvalue weighted by Gasteiger charge is -2.07. The number of imidazole rings is 1. The predicted molar refractivity (Wildman–Crippen MR) is 99.6 cm³/mol. The fourth-order valence-corrected chi connectivity index (χ4v) is 3.14. The molecule has 0 saturated carbocycles. The normalized spacial score (nSPS) is 11.0. The summed E-state index contributed by atoms with van der Waals surface area (Å²) in [4.78, 5) is 17.4. The van der Waals surface area contributed by atoms with Gasteiger partial charge in [-0.15, -0.1) is 0 Å². The molecule has 0 atom stereocenters. The molecular weight excluding hydrogens is 312 g/mol. The molecule has 0 aliphatic rings. The third-order valence-electron chi connectivity index (χ3n) is 4.39. The van der Waals surface area contributed by atoms with Crippen molar-refractivity contribution in [2.45, 2.75) is 40.0 Å². The van der Waals surface area contributed by atoms with Gasteiger partial charge >= 0.3 is 0 Å². The number of aryl methyl sites for hydroxylation is 3. The molecule has 25 heavy (non-hydrogen) atoms. The van der Waals surface area contributed by atoms with Gasteiger partial charge in [-0.2, -0.15) is 0 Å². The van der Waals surface area contributed by atoms with Gasteiger partial charge in [0.05, 0.1) is 12.3 Å². The van der Waals surface area contributed by atoms with Gasteiger partial charge in [0.2, 0.25) is 0 Å². The van der Waals surface area contributed by atoms with Crippen molar-refractivity contribution in [2.75, 3.05) is 6.61 Å². The maximum absolute atomic E-state index is 12.8. The highest BCUT2D eigenvalue weighted by Crippen LogP contribution is 2.23. The number of carbonyl (C=O) groups excluding carboxylic acids is 1. The number of Topliss-reactive ketones (excluding diaryl/α,β-unsaturated/α-hetero) is 1. The zero-order valence-electron chi connectivity index (χ0n) is 15.1. The number of hydrogen-bond donors (Lipinski definition) is 0. The summed E-state index contributed by atoms with van der Waals surface area (Å²) in [5.41, 5.74) is 4.62. The maximum Gasteiger partial charge on any atom is 0.181 e. The van der Waals surface area contributed by atoms with Crippen LogP contribution in [0, 0.1) is 6.92 Å². The molecule has 3 aromatic rings. The molecule has 4 heteroatoms. The van der Waals surface area contributed by atoms with Crippen molar-refractivity contribution in [3.05, 3.63) is 65.1 Å². The average Bonchev–Trinajstić information content (AvgIpc) is 2.97. The van der Waals surface area contributed by atoms with Crippen LogP contribution >= 0.6 is 0 Å². The van der Waals surface area contributed by atoms with Crippen LogP contribution in [-0.4, -0.2) is 21.8 Å². The van der Waals surface area contributed by atoms with E-state index in [1.54, 1.807) is 0 Å². The molecule has 0 bridgehead atoms. The number of hydrogen-bond acceptors (Lipinski definition) is 3. The number of ketones is 1. The summed E-state index contributed by atoms with van der Waals surface area (Å²) in [5, 5.41) is 0. The molecule has 0 fully saturated rings. The zero-order valence-corrected chi connectivity index (χ0v) is 15.1. The van der Waals surface area contributed by atoms with Crippen LogP contribution < -0.4 is 4.74 Å². The summed E-state index contributed by atoms with van der Waals surface area (Å²) in [7, 11) is 0. The Kier molecular flexibility index (Phi) is 5.17. The number of benzene rings is 1. The van der Waals surface area contributed by atoms with Gasteiger partial charge in [-0.05, 0) is 49.9 Å². The molecule has 1 aromatic carbocycles. The first-order valence-electron chi connectivity index (χ1n) is 8.85. The number of aromatic nitrogens is 2. The third kappa shape index (κ3) is 3.58. The molecule has 4 nitrogen and oxygen atoms in total. The van der Waals surface area contributed by atoms with Gasteiger partial charge in [-0.1, -0.05) is 31.2 Å². The Morgan fingerprint density at radius 3 is 2.72 bits per heavy atom. The molecule has 0 amide bonds. The molecule has 2 aromatic heterocycles. The van der Waals surface area contributed by atoms with E-state index in [1.165, 1.54) is 11.1 Å². The van der Waals surface area contributed by atoms with E-state index in [4.69, 9.17) is 4.74 Å². The van der Waals surface area contributed by atoms with Gasteiger partial charge < -0.3 is 4.74 Å². The minimum atomic E-state index is 0.112. The molecular formula is C21H24N2O2. The Morgan fingerprint density at radius 2 is 1.96 bits per heavy atom. The number of carbonyl (C=O) groups is 1. The molecule has 0 aliphatic heterocycles. The molecule has 0 spiro atoms. The third-order valence-corrected chi connectivity index (χ3v) is 4.39. The van der Waals surface area contributed by atoms with Crippen molar-refractivity contribution in [1.82, 2.24) is 9.38 Å². The molecule has 0 N–H and O–H groups in total. The maximum atomic E-state index is 12.8. The molecule has 2 heterocycles. The van der Waals surface area contributed by atoms with Crippen molar-refractivity contribution < 1.29 is 9.53 Å². The summed E-state index contributed by atoms with van der Waals surface area (Å²) in [6, 6.07) is 12.2. The fraction of sp³-hybridized carbons (Fsp3) is 0.333. The molecule has 0 unspecified atom stereocenters. The van der Waals surface area contributed by atoms with E-state index < -0.39 is 0 Å². The van der Waals surface area contributed by atoms with E-state index in [9.17, 15) is 4.79 Å². The van der Waals surface area contributed by atoms with E-state index in [2.05, 4.69) is 36.2 Å². The Bertz CT molecular complexity index is 896. The van der Waals surface area contributed by atoms with Gasteiger partial charge in [-0.25, -0.2) is 4.98 Å². The van der Waals surface area contributed by atoms with Crippen LogP contribution in [-0.2, 0) is 12.8 Å². The van der Waals surface area contributed by atoms with Crippen molar-refractivity contribution >= 4 is 11.4 Å². The summed E-state index contributed by atoms with van der Waals surface area (Å²) in [6.07, 6.45) is 4.10. The molecule has 130 valence electrons. The van der Waals surface area contributed by atoms with Crippen LogP contribution in [0.5, 0.6) is 5.75 Å². The molecule has 0 radical (unpaired) electrons. The Morgan fingerprint density at radius 1 is 1.16 bits per heavy atom. The first-order valence-corrected chi connectivity index (χ1v) is 8.85. The highest BCUT2D eigenvalue weighted by Gasteiger charge is 2.18. The van der Waals surface area contributed by atoms with Crippen LogP contribution in [0.25, 0.3) is 5.65 Å². The monoisotopic (exact) mass is 336 g/mol. The number of pyridine rings is 1. The summed E-state index contributed by atoms with van der Waals surface area (Å²) >= 11 is 0. The minimum Gasteiger partial charge on any atom is -0.490 e. The SMILES string of the molecule is CCOc1cccn2c(C(=O)CCc3cccc(CC)c3)c(C)nc12. The topological polar surface area (TPSA) is 43.6 Å². The highest BCUT2D eigenvalue weighted by molar-refractivity contribution is 5.96. The van der Waals surface area contributed by atoms with Crippen LogP contribution in [0.4, 0.5) is 0 Å². The second-order valence-electron chi connectivity index (χ2n) is 6.14. The number of rotatable bonds is 7. The standard InChI is InChI=1S/C21H24N2O2/c1-4-16-8-6-9-17(14-16)11-12-18(24)20-15(3)22-21-19(25-5-2)10-7-13-23(20)21/h6-10,13-14H,4-5,11-12H2,1-3H3. The molecule has 0 aliphatic carbocycles. The van der Waals surface area contributed by atoms with Crippen LogP contribution in [0.1, 0.15) is 47.6 Å². The smallest absolute Gasteiger partial charge is 0.181 e. The fourth-order valence-electron chi connectivity index (χ4n) is 3.14. The van der Waals surface area contributed by atoms with E-state index in [-0.39, 0.29) is 5.78 Å². The van der Waals surface area contributed by atoms with Crippen molar-refractivity contribution in [3.8, 4) is 5.75 Å². The number of ether oxygens (including phenoxy) is 1. The van der Waals surface area contributed by atoms with Gasteiger partial charge in [0, 0.05) is 12.6 Å². The van der Waals surface area contributed by atoms with E-state index in [0.717, 1.165) is 18.5 Å². The van der Waals surface area contributed by atoms with Crippen molar-refractivity contribution in [3.63, 3.8) is 0 Å². The van der Waals surface area contributed by atoms with Crippen LogP contribution in [0.3, 0.4) is 0 Å². The van der Waals surface area contributed by atoms with Crippen LogP contribution in [0.2, 0.25) is 0 Å². The quantitative estimate of drug-likeness (QED) is 0.600. The molecule has 0 saturated heterocycles. The Hall–Kier alpha value is -2.62. The second-order valence-corrected chi connectivity index (χ2v) is 6.14. The first-order chi connectivity index (χ1) is 12.1. The summed E-state index contributed by atoms with van der Waals surface area (Å²) < 4.78 is 7.48. The predicted octanol–water partition coefficient (Wildman–Crippen LogP) is 4.42. The van der Waals surface area contributed by atoms with E-state index >= 15 is 0 Å². The van der Waals surface area contributed by atoms with Crippen molar-refractivity contribution in [2.24, 2.45) is 0 Å². The largest absolute Gasteiger partial charge is 0.490 e. The second kappa shape index (κ2) is 7.51.